The second-order valence-electron chi connectivity index (χ2n) is 2.61. The molecule has 0 fully saturated rings. The monoisotopic (exact) mass is 145 g/mol. The van der Waals surface area contributed by atoms with Crippen molar-refractivity contribution in [3.8, 4) is 0 Å². The highest BCUT2D eigenvalue weighted by atomic mass is 16.5. The van der Waals surface area contributed by atoms with Gasteiger partial charge in [0.1, 0.15) is 0 Å². The van der Waals surface area contributed by atoms with Crippen molar-refractivity contribution in [2.45, 2.75) is 19.8 Å². The fourth-order valence-corrected chi connectivity index (χ4v) is 1.02. The van der Waals surface area contributed by atoms with E-state index in [4.69, 9.17) is 4.74 Å². The maximum absolute atomic E-state index is 4.99. The lowest BCUT2D eigenvalue weighted by atomic mass is 10.0. The van der Waals surface area contributed by atoms with Gasteiger partial charge in [0.15, 0.2) is 0 Å². The summed E-state index contributed by atoms with van der Waals surface area (Å²) >= 11 is 0. The lowest BCUT2D eigenvalue weighted by Gasteiger charge is -2.12. The van der Waals surface area contributed by atoms with Crippen LogP contribution in [0.25, 0.3) is 0 Å². The lowest BCUT2D eigenvalue weighted by molar-refractivity contribution is 0.176. The van der Waals surface area contributed by atoms with Crippen LogP contribution in [0, 0.1) is 5.92 Å². The Morgan fingerprint density at radius 2 is 2.20 bits per heavy atom. The van der Waals surface area contributed by atoms with Crippen LogP contribution in [0.3, 0.4) is 0 Å². The van der Waals surface area contributed by atoms with E-state index in [1.807, 2.05) is 7.05 Å². The van der Waals surface area contributed by atoms with Crippen molar-refractivity contribution < 1.29 is 4.74 Å². The molecular formula is C8H19NO. The van der Waals surface area contributed by atoms with Crippen LogP contribution in [0.4, 0.5) is 0 Å². The Balaban J connectivity index is 3.21. The van der Waals surface area contributed by atoms with Gasteiger partial charge in [-0.2, -0.15) is 0 Å². The molecule has 0 aromatic carbocycles. The Hall–Kier alpha value is -0.0800. The average Bonchev–Trinajstić information content (AvgIpc) is 1.98. The van der Waals surface area contributed by atoms with Gasteiger partial charge in [-0.25, -0.2) is 0 Å². The smallest absolute Gasteiger partial charge is 0.0465 e. The topological polar surface area (TPSA) is 21.3 Å². The molecule has 0 aliphatic heterocycles. The van der Waals surface area contributed by atoms with Crippen molar-refractivity contribution in [3.63, 3.8) is 0 Å². The molecule has 0 amide bonds. The maximum Gasteiger partial charge on any atom is 0.0465 e. The third kappa shape index (κ3) is 4.77. The van der Waals surface area contributed by atoms with Crippen LogP contribution in [0.1, 0.15) is 19.8 Å². The predicted octanol–water partition coefficient (Wildman–Crippen LogP) is 1.27. The van der Waals surface area contributed by atoms with E-state index in [1.165, 1.54) is 12.8 Å². The Morgan fingerprint density at radius 1 is 1.50 bits per heavy atom. The van der Waals surface area contributed by atoms with Crippen molar-refractivity contribution in [2.75, 3.05) is 27.3 Å². The summed E-state index contributed by atoms with van der Waals surface area (Å²) in [5.74, 6) is 0.782. The van der Waals surface area contributed by atoms with Gasteiger partial charge < -0.3 is 10.1 Å². The fraction of sp³-hybridized carbons (Fsp3) is 1.00. The van der Waals surface area contributed by atoms with Gasteiger partial charge in [-0.1, -0.05) is 13.3 Å². The van der Waals surface area contributed by atoms with E-state index in [1.54, 1.807) is 7.11 Å². The minimum Gasteiger partial charge on any atom is -0.385 e. The summed E-state index contributed by atoms with van der Waals surface area (Å²) in [4.78, 5) is 0. The third-order valence-electron chi connectivity index (χ3n) is 1.80. The zero-order valence-corrected chi connectivity index (χ0v) is 7.31. The van der Waals surface area contributed by atoms with Gasteiger partial charge in [-0.05, 0) is 25.9 Å². The Bertz CT molecular complexity index is 66.3. The van der Waals surface area contributed by atoms with Crippen molar-refractivity contribution in [1.82, 2.24) is 5.32 Å². The molecule has 1 unspecified atom stereocenters. The molecule has 62 valence electrons. The lowest BCUT2D eigenvalue weighted by Crippen LogP contribution is -2.19. The number of hydrogen-bond donors (Lipinski definition) is 1. The molecule has 1 N–H and O–H groups in total. The molecule has 0 radical (unpaired) electrons. The minimum absolute atomic E-state index is 0.782. The number of hydrogen-bond acceptors (Lipinski definition) is 2. The Labute approximate surface area is 64.0 Å². The number of ether oxygens (including phenoxy) is 1. The highest BCUT2D eigenvalue weighted by Crippen LogP contribution is 2.05. The third-order valence-corrected chi connectivity index (χ3v) is 1.80. The standard InChI is InChI=1S/C8H19NO/c1-4-8(7-9-2)5-6-10-3/h8-9H,4-7H2,1-3H3. The van der Waals surface area contributed by atoms with Crippen LogP contribution in [-0.4, -0.2) is 27.3 Å². The van der Waals surface area contributed by atoms with Crippen molar-refractivity contribution >= 4 is 0 Å². The summed E-state index contributed by atoms with van der Waals surface area (Å²) in [5, 5.41) is 3.17. The predicted molar refractivity (Wildman–Crippen MR) is 44.2 cm³/mol. The average molecular weight is 145 g/mol. The van der Waals surface area contributed by atoms with Crippen LogP contribution in [0.5, 0.6) is 0 Å². The number of methoxy groups -OCH3 is 1. The summed E-state index contributed by atoms with van der Waals surface area (Å²) in [7, 11) is 3.75. The molecular weight excluding hydrogens is 126 g/mol. The van der Waals surface area contributed by atoms with E-state index < -0.39 is 0 Å². The number of rotatable bonds is 6. The molecule has 0 rings (SSSR count). The molecule has 0 aromatic heterocycles. The Morgan fingerprint density at radius 3 is 2.60 bits per heavy atom. The SMILES string of the molecule is CCC(CCOC)CNC. The molecule has 10 heavy (non-hydrogen) atoms. The fourth-order valence-electron chi connectivity index (χ4n) is 1.02. The van der Waals surface area contributed by atoms with E-state index in [0.29, 0.717) is 0 Å². The molecule has 1 atom stereocenters. The van der Waals surface area contributed by atoms with Gasteiger partial charge in [0.2, 0.25) is 0 Å². The maximum atomic E-state index is 4.99. The normalized spacial score (nSPS) is 13.5. The molecule has 0 bridgehead atoms. The molecule has 0 saturated carbocycles. The zero-order chi connectivity index (χ0) is 7.82. The van der Waals surface area contributed by atoms with Crippen LogP contribution >= 0.6 is 0 Å². The summed E-state index contributed by atoms with van der Waals surface area (Å²) in [6.07, 6.45) is 2.41. The van der Waals surface area contributed by atoms with E-state index in [0.717, 1.165) is 19.1 Å². The van der Waals surface area contributed by atoms with Crippen molar-refractivity contribution in [2.24, 2.45) is 5.92 Å². The van der Waals surface area contributed by atoms with Crippen molar-refractivity contribution in [1.29, 1.82) is 0 Å². The van der Waals surface area contributed by atoms with E-state index in [-0.39, 0.29) is 0 Å². The quantitative estimate of drug-likeness (QED) is 0.607. The summed E-state index contributed by atoms with van der Waals surface area (Å²) in [6, 6.07) is 0. The van der Waals surface area contributed by atoms with E-state index >= 15 is 0 Å². The highest BCUT2D eigenvalue weighted by Gasteiger charge is 2.02. The first-order valence-electron chi connectivity index (χ1n) is 3.98. The molecule has 0 aliphatic rings. The zero-order valence-electron chi connectivity index (χ0n) is 7.31. The summed E-state index contributed by atoms with van der Waals surface area (Å²) < 4.78 is 4.99. The molecule has 0 spiro atoms. The molecule has 2 heteroatoms. The summed E-state index contributed by atoms with van der Waals surface area (Å²) in [6.45, 7) is 4.22. The molecule has 0 heterocycles. The van der Waals surface area contributed by atoms with Gasteiger partial charge in [0.25, 0.3) is 0 Å². The van der Waals surface area contributed by atoms with Gasteiger partial charge in [-0.3, -0.25) is 0 Å². The van der Waals surface area contributed by atoms with Crippen LogP contribution in [0.2, 0.25) is 0 Å². The first-order valence-corrected chi connectivity index (χ1v) is 3.98. The summed E-state index contributed by atoms with van der Waals surface area (Å²) in [5.41, 5.74) is 0. The first kappa shape index (κ1) is 9.92. The van der Waals surface area contributed by atoms with E-state index in [9.17, 15) is 0 Å². The number of nitrogens with one attached hydrogen (secondary N) is 1. The van der Waals surface area contributed by atoms with Gasteiger partial charge in [-0.15, -0.1) is 0 Å². The van der Waals surface area contributed by atoms with Crippen molar-refractivity contribution in [3.05, 3.63) is 0 Å². The second-order valence-corrected chi connectivity index (χ2v) is 2.61. The van der Waals surface area contributed by atoms with Gasteiger partial charge >= 0.3 is 0 Å². The first-order chi connectivity index (χ1) is 4.85. The molecule has 0 aromatic rings. The van der Waals surface area contributed by atoms with E-state index in [2.05, 4.69) is 12.2 Å². The van der Waals surface area contributed by atoms with Crippen LogP contribution in [-0.2, 0) is 4.74 Å². The molecule has 0 aliphatic carbocycles. The Kier molecular flexibility index (Phi) is 6.98. The highest BCUT2D eigenvalue weighted by molar-refractivity contribution is 4.57. The van der Waals surface area contributed by atoms with Gasteiger partial charge in [0, 0.05) is 13.7 Å². The molecule has 2 nitrogen and oxygen atoms in total. The molecule has 0 saturated heterocycles. The van der Waals surface area contributed by atoms with Crippen LogP contribution < -0.4 is 5.32 Å². The largest absolute Gasteiger partial charge is 0.385 e. The van der Waals surface area contributed by atoms with Gasteiger partial charge in [0.05, 0.1) is 0 Å². The second kappa shape index (κ2) is 7.03. The minimum atomic E-state index is 0.782. The van der Waals surface area contributed by atoms with Crippen LogP contribution in [0.15, 0.2) is 0 Å².